The number of hydrogen-bond acceptors (Lipinski definition) is 6. The van der Waals surface area contributed by atoms with E-state index < -0.39 is 5.60 Å². The second-order valence-electron chi connectivity index (χ2n) is 9.75. The highest BCUT2D eigenvalue weighted by molar-refractivity contribution is 5.79. The molecule has 2 aromatic carbocycles. The number of aromatic nitrogens is 1. The van der Waals surface area contributed by atoms with Gasteiger partial charge in [0.1, 0.15) is 24.6 Å². The van der Waals surface area contributed by atoms with Gasteiger partial charge in [0.05, 0.1) is 0 Å². The molecule has 3 aromatic rings. The minimum atomic E-state index is -0.468. The monoisotopic (exact) mass is 472 g/mol. The quantitative estimate of drug-likeness (QED) is 0.414. The summed E-state index contributed by atoms with van der Waals surface area (Å²) in [6, 6.07) is 20.3. The van der Waals surface area contributed by atoms with Crippen LogP contribution in [0.1, 0.15) is 56.2 Å². The number of nitrogens with one attached hydrogen (secondary N) is 1. The summed E-state index contributed by atoms with van der Waals surface area (Å²) in [5.41, 5.74) is 5.36. The average Bonchev–Trinajstić information content (AvgIpc) is 3.14. The Kier molecular flexibility index (Phi) is 7.49. The Hall–Kier alpha value is -3.67. The summed E-state index contributed by atoms with van der Waals surface area (Å²) in [7, 11) is 0. The molecule has 1 N–H and O–H groups in total. The van der Waals surface area contributed by atoms with Crippen LogP contribution in [0.2, 0.25) is 0 Å². The third kappa shape index (κ3) is 6.47. The van der Waals surface area contributed by atoms with Gasteiger partial charge in [-0.05, 0) is 73.6 Å². The highest BCUT2D eigenvalue weighted by Crippen LogP contribution is 2.44. The van der Waals surface area contributed by atoms with Crippen LogP contribution < -0.4 is 5.32 Å². The van der Waals surface area contributed by atoms with Crippen molar-refractivity contribution in [1.82, 2.24) is 4.98 Å². The molecule has 1 aromatic heterocycles. The predicted octanol–water partition coefficient (Wildman–Crippen LogP) is 5.51. The van der Waals surface area contributed by atoms with Crippen molar-refractivity contribution in [2.75, 3.05) is 18.5 Å². The molecule has 1 aliphatic rings. The van der Waals surface area contributed by atoms with E-state index in [1.165, 1.54) is 22.3 Å². The van der Waals surface area contributed by atoms with Crippen LogP contribution in [0.5, 0.6) is 0 Å². The third-order valence-electron chi connectivity index (χ3n) is 5.88. The van der Waals surface area contributed by atoms with E-state index in [2.05, 4.69) is 34.6 Å². The molecule has 0 saturated carbocycles. The van der Waals surface area contributed by atoms with E-state index in [-0.39, 0.29) is 24.4 Å². The number of carbonyl (C=O) groups is 2. The molecule has 6 heteroatoms. The number of pyridine rings is 1. The zero-order valence-corrected chi connectivity index (χ0v) is 20.5. The molecule has 0 fully saturated rings. The molecule has 1 aliphatic carbocycles. The second kappa shape index (κ2) is 10.7. The van der Waals surface area contributed by atoms with E-state index in [1.54, 1.807) is 6.20 Å². The van der Waals surface area contributed by atoms with Gasteiger partial charge in [-0.15, -0.1) is 0 Å². The predicted molar refractivity (Wildman–Crippen MR) is 136 cm³/mol. The number of rotatable bonds is 9. The molecule has 35 heavy (non-hydrogen) atoms. The number of hydrogen-bond donors (Lipinski definition) is 1. The van der Waals surface area contributed by atoms with Crippen molar-refractivity contribution in [3.05, 3.63) is 83.6 Å². The number of carbonyl (C=O) groups excluding carboxylic acids is 2. The Morgan fingerprint density at radius 1 is 0.943 bits per heavy atom. The first-order valence-corrected chi connectivity index (χ1v) is 12.0. The number of nitrogens with zero attached hydrogens (tertiary/aromatic N) is 1. The van der Waals surface area contributed by atoms with Gasteiger partial charge >= 0.3 is 11.9 Å². The fraction of sp³-hybridized carbons (Fsp3) is 0.345. The highest BCUT2D eigenvalue weighted by Gasteiger charge is 2.28. The lowest BCUT2D eigenvalue weighted by molar-refractivity contribution is -0.154. The molecule has 182 valence electrons. The van der Waals surface area contributed by atoms with E-state index in [4.69, 9.17) is 9.47 Å². The standard InChI is InChI=1S/C29H32N2O4/c1-29(2,3)35-27(32)14-8-9-20-15-16-30-26(17-20)31-18-28(33)34-19-25-23-12-6-4-10-21(23)22-11-5-7-13-24(22)25/h4-7,10-13,15-17,25H,8-9,14,18-19H2,1-3H3,(H,30,31). The minimum absolute atomic E-state index is 0.0321. The topological polar surface area (TPSA) is 77.5 Å². The van der Waals surface area contributed by atoms with Crippen molar-refractivity contribution in [2.45, 2.75) is 51.6 Å². The summed E-state index contributed by atoms with van der Waals surface area (Å²) in [6.45, 7) is 5.92. The maximum Gasteiger partial charge on any atom is 0.325 e. The summed E-state index contributed by atoms with van der Waals surface area (Å²) in [4.78, 5) is 28.7. The van der Waals surface area contributed by atoms with Crippen molar-refractivity contribution in [3.63, 3.8) is 0 Å². The van der Waals surface area contributed by atoms with E-state index in [9.17, 15) is 9.59 Å². The van der Waals surface area contributed by atoms with Crippen LogP contribution in [0, 0.1) is 0 Å². The number of fused-ring (bicyclic) bond motifs is 3. The van der Waals surface area contributed by atoms with E-state index in [0.717, 1.165) is 12.0 Å². The summed E-state index contributed by atoms with van der Waals surface area (Å²) < 4.78 is 11.0. The number of benzene rings is 2. The Morgan fingerprint density at radius 2 is 1.60 bits per heavy atom. The second-order valence-corrected chi connectivity index (χ2v) is 9.75. The number of esters is 2. The van der Waals surface area contributed by atoms with E-state index in [0.29, 0.717) is 25.3 Å². The molecule has 0 spiro atoms. The van der Waals surface area contributed by atoms with Crippen LogP contribution in [0.15, 0.2) is 66.9 Å². The first-order chi connectivity index (χ1) is 16.8. The maximum atomic E-state index is 12.5. The van der Waals surface area contributed by atoms with Crippen LogP contribution in [0.25, 0.3) is 11.1 Å². The fourth-order valence-corrected chi connectivity index (χ4v) is 4.39. The molecule has 0 aliphatic heterocycles. The SMILES string of the molecule is CC(C)(C)OC(=O)CCCc1ccnc(NCC(=O)OCC2c3ccccc3-c3ccccc32)c1. The van der Waals surface area contributed by atoms with E-state index in [1.807, 2.05) is 57.2 Å². The summed E-state index contributed by atoms with van der Waals surface area (Å²) in [5.74, 6) is 0.121. The van der Waals surface area contributed by atoms with Crippen molar-refractivity contribution in [2.24, 2.45) is 0 Å². The van der Waals surface area contributed by atoms with Gasteiger partial charge in [-0.3, -0.25) is 9.59 Å². The third-order valence-corrected chi connectivity index (χ3v) is 5.88. The molecule has 4 rings (SSSR count). The molecule has 0 radical (unpaired) electrons. The number of ether oxygens (including phenoxy) is 2. The average molecular weight is 473 g/mol. The first-order valence-electron chi connectivity index (χ1n) is 12.0. The number of anilines is 1. The summed E-state index contributed by atoms with van der Waals surface area (Å²) in [5, 5.41) is 3.05. The Balaban J connectivity index is 1.26. The molecule has 0 unspecified atom stereocenters. The van der Waals surface area contributed by atoms with Crippen molar-refractivity contribution >= 4 is 17.8 Å². The minimum Gasteiger partial charge on any atom is -0.463 e. The lowest BCUT2D eigenvalue weighted by atomic mass is 9.98. The molecular weight excluding hydrogens is 440 g/mol. The summed E-state index contributed by atoms with van der Waals surface area (Å²) in [6.07, 6.45) is 3.47. The number of aryl methyl sites for hydroxylation is 1. The highest BCUT2D eigenvalue weighted by atomic mass is 16.6. The molecule has 0 amide bonds. The molecule has 1 heterocycles. The van der Waals surface area contributed by atoms with Gasteiger partial charge in [0.25, 0.3) is 0 Å². The van der Waals surface area contributed by atoms with Gasteiger partial charge in [0, 0.05) is 18.5 Å². The molecule has 6 nitrogen and oxygen atoms in total. The van der Waals surface area contributed by atoms with Crippen LogP contribution in [-0.2, 0) is 25.5 Å². The van der Waals surface area contributed by atoms with Crippen LogP contribution in [0.3, 0.4) is 0 Å². The maximum absolute atomic E-state index is 12.5. The van der Waals surface area contributed by atoms with Gasteiger partial charge in [-0.25, -0.2) is 4.98 Å². The lowest BCUT2D eigenvalue weighted by Gasteiger charge is -2.19. The Morgan fingerprint density at radius 3 is 2.26 bits per heavy atom. The Bertz CT molecular complexity index is 1150. The van der Waals surface area contributed by atoms with Gasteiger partial charge in [0.2, 0.25) is 0 Å². The lowest BCUT2D eigenvalue weighted by Crippen LogP contribution is -2.23. The van der Waals surface area contributed by atoms with Crippen LogP contribution in [-0.4, -0.2) is 35.7 Å². The van der Waals surface area contributed by atoms with Gasteiger partial charge in [-0.2, -0.15) is 0 Å². The van der Waals surface area contributed by atoms with Crippen molar-refractivity contribution in [1.29, 1.82) is 0 Å². The zero-order valence-electron chi connectivity index (χ0n) is 20.5. The molecule has 0 bridgehead atoms. The van der Waals surface area contributed by atoms with Gasteiger partial charge in [-0.1, -0.05) is 48.5 Å². The zero-order chi connectivity index (χ0) is 24.8. The normalized spacial score (nSPS) is 12.5. The largest absolute Gasteiger partial charge is 0.463 e. The summed E-state index contributed by atoms with van der Waals surface area (Å²) >= 11 is 0. The van der Waals surface area contributed by atoms with Gasteiger partial charge < -0.3 is 14.8 Å². The fourth-order valence-electron chi connectivity index (χ4n) is 4.39. The van der Waals surface area contributed by atoms with E-state index >= 15 is 0 Å². The first kappa shape index (κ1) is 24.5. The van der Waals surface area contributed by atoms with Gasteiger partial charge in [0.15, 0.2) is 0 Å². The van der Waals surface area contributed by atoms with Crippen molar-refractivity contribution < 1.29 is 19.1 Å². The Labute approximate surface area is 206 Å². The van der Waals surface area contributed by atoms with Crippen LogP contribution >= 0.6 is 0 Å². The van der Waals surface area contributed by atoms with Crippen molar-refractivity contribution in [3.8, 4) is 11.1 Å². The molecule has 0 atom stereocenters. The smallest absolute Gasteiger partial charge is 0.325 e. The van der Waals surface area contributed by atoms with Crippen LogP contribution in [0.4, 0.5) is 5.82 Å². The molecule has 0 saturated heterocycles. The molecular formula is C29H32N2O4.